The molecule has 0 aliphatic carbocycles. The smallest absolute Gasteiger partial charge is 0.376 e. The van der Waals surface area contributed by atoms with E-state index < -0.39 is 17.3 Å². The summed E-state index contributed by atoms with van der Waals surface area (Å²) in [5.74, 6) is -0.314. The van der Waals surface area contributed by atoms with Crippen LogP contribution in [-0.2, 0) is 11.0 Å². The van der Waals surface area contributed by atoms with Gasteiger partial charge in [0.1, 0.15) is 0 Å². The molecule has 1 aromatic rings. The second-order valence-electron chi connectivity index (χ2n) is 5.38. The zero-order valence-corrected chi connectivity index (χ0v) is 12.1. The summed E-state index contributed by atoms with van der Waals surface area (Å²) >= 11 is 5.64. The number of nitrogens with one attached hydrogen (secondary N) is 2. The van der Waals surface area contributed by atoms with E-state index in [-0.39, 0.29) is 23.2 Å². The molecule has 0 aliphatic rings. The third-order valence-corrected chi connectivity index (χ3v) is 2.41. The number of benzene rings is 1. The van der Waals surface area contributed by atoms with Crippen LogP contribution in [0, 0.1) is 0 Å². The molecule has 0 radical (unpaired) electrons. The van der Waals surface area contributed by atoms with Crippen LogP contribution >= 0.6 is 11.6 Å². The van der Waals surface area contributed by atoms with Crippen LogP contribution in [0.15, 0.2) is 18.2 Å². The van der Waals surface area contributed by atoms with Crippen LogP contribution in [0.3, 0.4) is 0 Å². The second kappa shape index (κ2) is 5.91. The molecule has 0 aliphatic heterocycles. The zero-order chi connectivity index (χ0) is 15.6. The van der Waals surface area contributed by atoms with Gasteiger partial charge in [-0.05, 0) is 39.0 Å². The van der Waals surface area contributed by atoms with Gasteiger partial charge in [0.05, 0.1) is 12.1 Å². The Morgan fingerprint density at radius 1 is 1.20 bits per heavy atom. The summed E-state index contributed by atoms with van der Waals surface area (Å²) in [5.41, 5.74) is -1.11. The van der Waals surface area contributed by atoms with E-state index in [0.717, 1.165) is 12.1 Å². The van der Waals surface area contributed by atoms with Crippen LogP contribution in [0.5, 0.6) is 0 Å². The van der Waals surface area contributed by atoms with Crippen molar-refractivity contribution in [1.29, 1.82) is 0 Å². The van der Waals surface area contributed by atoms with Crippen LogP contribution < -0.4 is 10.6 Å². The van der Waals surface area contributed by atoms with Crippen molar-refractivity contribution >= 4 is 23.2 Å². The van der Waals surface area contributed by atoms with Crippen molar-refractivity contribution in [3.8, 4) is 0 Å². The Bertz CT molecular complexity index is 495. The Balaban J connectivity index is 2.74. The predicted octanol–water partition coefficient (Wildman–Crippen LogP) is 3.69. The number of anilines is 1. The van der Waals surface area contributed by atoms with Crippen LogP contribution in [-0.4, -0.2) is 18.0 Å². The summed E-state index contributed by atoms with van der Waals surface area (Å²) in [4.78, 5) is 11.6. The third-order valence-electron chi connectivity index (χ3n) is 2.19. The van der Waals surface area contributed by atoms with Gasteiger partial charge in [0, 0.05) is 16.2 Å². The molecule has 0 heterocycles. The number of hydrogen-bond donors (Lipinski definition) is 2. The highest BCUT2D eigenvalue weighted by molar-refractivity contribution is 6.30. The molecule has 0 unspecified atom stereocenters. The highest BCUT2D eigenvalue weighted by Crippen LogP contribution is 2.33. The van der Waals surface area contributed by atoms with E-state index in [1.165, 1.54) is 6.07 Å². The highest BCUT2D eigenvalue weighted by atomic mass is 35.5. The minimum Gasteiger partial charge on any atom is -0.376 e. The lowest BCUT2D eigenvalue weighted by molar-refractivity contribution is -0.137. The van der Waals surface area contributed by atoms with E-state index in [1.807, 2.05) is 20.8 Å². The molecule has 0 fully saturated rings. The third kappa shape index (κ3) is 5.69. The number of rotatable bonds is 3. The number of carbonyl (C=O) groups is 1. The maximum Gasteiger partial charge on any atom is 0.416 e. The molecule has 0 bridgehead atoms. The number of amides is 1. The maximum absolute atomic E-state index is 12.6. The van der Waals surface area contributed by atoms with Crippen molar-refractivity contribution in [3.63, 3.8) is 0 Å². The van der Waals surface area contributed by atoms with Crippen LogP contribution in [0.1, 0.15) is 26.3 Å². The Hall–Kier alpha value is -1.43. The molecule has 0 saturated carbocycles. The van der Waals surface area contributed by atoms with E-state index in [2.05, 4.69) is 10.6 Å². The average Bonchev–Trinajstić information content (AvgIpc) is 2.22. The van der Waals surface area contributed by atoms with E-state index in [0.29, 0.717) is 0 Å². The molecule has 0 spiro atoms. The molecular weight excluding hydrogens is 293 g/mol. The minimum atomic E-state index is -4.48. The highest BCUT2D eigenvalue weighted by Gasteiger charge is 2.31. The number of alkyl halides is 3. The van der Waals surface area contributed by atoms with Gasteiger partial charge in [-0.2, -0.15) is 13.2 Å². The van der Waals surface area contributed by atoms with Crippen LogP contribution in [0.4, 0.5) is 18.9 Å². The van der Waals surface area contributed by atoms with Crippen molar-refractivity contribution in [2.24, 2.45) is 0 Å². The first-order chi connectivity index (χ1) is 8.97. The van der Waals surface area contributed by atoms with Crippen molar-refractivity contribution in [3.05, 3.63) is 28.8 Å². The average molecular weight is 309 g/mol. The largest absolute Gasteiger partial charge is 0.416 e. The van der Waals surface area contributed by atoms with Gasteiger partial charge in [0.25, 0.3) is 0 Å². The topological polar surface area (TPSA) is 41.1 Å². The fourth-order valence-corrected chi connectivity index (χ4v) is 1.74. The SMILES string of the molecule is CC(C)(C)NC(=O)CNc1cc(Cl)cc(C(F)(F)F)c1. The van der Waals surface area contributed by atoms with Gasteiger partial charge in [-0.1, -0.05) is 11.6 Å². The lowest BCUT2D eigenvalue weighted by Gasteiger charge is -2.21. The molecule has 1 amide bonds. The number of halogens is 4. The summed E-state index contributed by atoms with van der Waals surface area (Å²) < 4.78 is 37.8. The second-order valence-corrected chi connectivity index (χ2v) is 5.81. The first-order valence-corrected chi connectivity index (χ1v) is 6.28. The monoisotopic (exact) mass is 308 g/mol. The Kier molecular flexibility index (Phi) is 4.91. The van der Waals surface area contributed by atoms with E-state index in [1.54, 1.807) is 0 Å². The number of hydrogen-bond acceptors (Lipinski definition) is 2. The Labute approximate surface area is 120 Å². The molecule has 0 saturated heterocycles. The molecule has 0 aromatic heterocycles. The molecule has 1 aromatic carbocycles. The summed E-state index contributed by atoms with van der Waals surface area (Å²) in [6.45, 7) is 5.30. The van der Waals surface area contributed by atoms with Gasteiger partial charge < -0.3 is 10.6 Å². The molecule has 1 rings (SSSR count). The number of carbonyl (C=O) groups excluding carboxylic acids is 1. The van der Waals surface area contributed by atoms with Gasteiger partial charge in [-0.25, -0.2) is 0 Å². The molecule has 7 heteroatoms. The molecular formula is C13H16ClF3N2O. The Morgan fingerprint density at radius 3 is 2.30 bits per heavy atom. The van der Waals surface area contributed by atoms with E-state index in [9.17, 15) is 18.0 Å². The van der Waals surface area contributed by atoms with Crippen molar-refractivity contribution in [2.75, 3.05) is 11.9 Å². The zero-order valence-electron chi connectivity index (χ0n) is 11.4. The molecule has 112 valence electrons. The minimum absolute atomic E-state index is 0.0430. The normalized spacial score (nSPS) is 12.2. The molecule has 2 N–H and O–H groups in total. The van der Waals surface area contributed by atoms with Gasteiger partial charge in [0.15, 0.2) is 0 Å². The van der Waals surface area contributed by atoms with Gasteiger partial charge in [-0.15, -0.1) is 0 Å². The van der Waals surface area contributed by atoms with E-state index in [4.69, 9.17) is 11.6 Å². The fourth-order valence-electron chi connectivity index (χ4n) is 1.50. The van der Waals surface area contributed by atoms with Crippen molar-refractivity contribution in [1.82, 2.24) is 5.32 Å². The summed E-state index contributed by atoms with van der Waals surface area (Å²) in [7, 11) is 0. The fraction of sp³-hybridized carbons (Fsp3) is 0.462. The van der Waals surface area contributed by atoms with Crippen molar-refractivity contribution < 1.29 is 18.0 Å². The van der Waals surface area contributed by atoms with Crippen LogP contribution in [0.2, 0.25) is 5.02 Å². The van der Waals surface area contributed by atoms with Gasteiger partial charge >= 0.3 is 6.18 Å². The van der Waals surface area contributed by atoms with Gasteiger partial charge in [0.2, 0.25) is 5.91 Å². The van der Waals surface area contributed by atoms with Crippen LogP contribution in [0.25, 0.3) is 0 Å². The maximum atomic E-state index is 12.6. The van der Waals surface area contributed by atoms with Gasteiger partial charge in [-0.3, -0.25) is 4.79 Å². The lowest BCUT2D eigenvalue weighted by Crippen LogP contribution is -2.43. The first kappa shape index (κ1) is 16.6. The molecule has 20 heavy (non-hydrogen) atoms. The lowest BCUT2D eigenvalue weighted by atomic mass is 10.1. The Morgan fingerprint density at radius 2 is 1.80 bits per heavy atom. The summed E-state index contributed by atoms with van der Waals surface area (Å²) in [6, 6.07) is 3.08. The summed E-state index contributed by atoms with van der Waals surface area (Å²) in [6.07, 6.45) is -4.48. The van der Waals surface area contributed by atoms with E-state index >= 15 is 0 Å². The standard InChI is InChI=1S/C13H16ClF3N2O/c1-12(2,3)19-11(20)7-18-10-5-8(13(15,16)17)4-9(14)6-10/h4-6,18H,7H2,1-3H3,(H,19,20). The molecule has 0 atom stereocenters. The quantitative estimate of drug-likeness (QED) is 0.894. The first-order valence-electron chi connectivity index (χ1n) is 5.90. The predicted molar refractivity (Wildman–Crippen MR) is 72.8 cm³/mol. The molecule has 3 nitrogen and oxygen atoms in total. The van der Waals surface area contributed by atoms with Crippen molar-refractivity contribution in [2.45, 2.75) is 32.5 Å². The summed E-state index contributed by atoms with van der Waals surface area (Å²) in [5, 5.41) is 5.27.